The number of pyridine rings is 1. The first-order valence-electron chi connectivity index (χ1n) is 14.3. The third kappa shape index (κ3) is 5.70. The summed E-state index contributed by atoms with van der Waals surface area (Å²) in [4.78, 5) is 22.3. The molecule has 0 spiro atoms. The van der Waals surface area contributed by atoms with E-state index in [1.807, 2.05) is 13.0 Å². The van der Waals surface area contributed by atoms with Crippen molar-refractivity contribution in [2.45, 2.75) is 56.4 Å². The summed E-state index contributed by atoms with van der Waals surface area (Å²) in [5, 5.41) is 7.18. The van der Waals surface area contributed by atoms with Gasteiger partial charge in [-0.1, -0.05) is 6.92 Å². The molecule has 1 amide bonds. The first-order valence-corrected chi connectivity index (χ1v) is 16.2. The first-order chi connectivity index (χ1) is 20.5. The number of anilines is 2. The Hall–Kier alpha value is -3.97. The van der Waals surface area contributed by atoms with E-state index in [9.17, 15) is 13.2 Å². The second kappa shape index (κ2) is 11.3. The molecule has 6 rings (SSSR count). The molecule has 226 valence electrons. The molecular weight excluding hydrogens is 576 g/mol. The number of carbonyl (C=O) groups is 1. The number of nitrogens with two attached hydrogens (primary N) is 1. The summed E-state index contributed by atoms with van der Waals surface area (Å²) in [7, 11) is -3.29. The van der Waals surface area contributed by atoms with E-state index in [-0.39, 0.29) is 35.5 Å². The van der Waals surface area contributed by atoms with Gasteiger partial charge in [0, 0.05) is 38.0 Å². The lowest BCUT2D eigenvalue weighted by molar-refractivity contribution is -0.128. The summed E-state index contributed by atoms with van der Waals surface area (Å²) in [5.41, 5.74) is 8.74. The lowest BCUT2D eigenvalue weighted by atomic mass is 9.76. The van der Waals surface area contributed by atoms with E-state index in [0.29, 0.717) is 48.5 Å². The number of sulfone groups is 1. The monoisotopic (exact) mass is 609 g/mol. The highest BCUT2D eigenvalue weighted by Gasteiger charge is 2.40. The highest BCUT2D eigenvalue weighted by atomic mass is 32.2. The van der Waals surface area contributed by atoms with Crippen LogP contribution in [0.3, 0.4) is 0 Å². The largest absolute Gasteiger partial charge is 0.338 e. The van der Waals surface area contributed by atoms with E-state index in [0.717, 1.165) is 12.0 Å². The van der Waals surface area contributed by atoms with Crippen LogP contribution in [-0.2, 0) is 21.2 Å². The van der Waals surface area contributed by atoms with Crippen molar-refractivity contribution in [2.24, 2.45) is 11.7 Å². The van der Waals surface area contributed by atoms with Crippen molar-refractivity contribution in [1.82, 2.24) is 24.5 Å². The normalized spacial score (nSPS) is 22.8. The van der Waals surface area contributed by atoms with Crippen LogP contribution < -0.4 is 11.1 Å². The van der Waals surface area contributed by atoms with E-state index in [1.54, 1.807) is 29.6 Å². The highest BCUT2D eigenvalue weighted by Crippen LogP contribution is 2.41. The predicted octanol–water partition coefficient (Wildman–Crippen LogP) is 4.19. The second-order valence-corrected chi connectivity index (χ2v) is 13.9. The van der Waals surface area contributed by atoms with Gasteiger partial charge in [-0.05, 0) is 72.6 Å². The van der Waals surface area contributed by atoms with Gasteiger partial charge >= 0.3 is 0 Å². The quantitative estimate of drug-likeness (QED) is 0.319. The summed E-state index contributed by atoms with van der Waals surface area (Å²) in [6.07, 6.45) is 8.47. The molecule has 2 aliphatic rings. The van der Waals surface area contributed by atoms with Crippen molar-refractivity contribution >= 4 is 32.9 Å². The second-order valence-electron chi connectivity index (χ2n) is 11.7. The average Bonchev–Trinajstić information content (AvgIpc) is 3.52. The van der Waals surface area contributed by atoms with E-state index in [2.05, 4.69) is 20.4 Å². The van der Waals surface area contributed by atoms with Crippen molar-refractivity contribution in [2.75, 3.05) is 18.1 Å². The number of rotatable bonds is 7. The Balaban J connectivity index is 1.28. The zero-order chi connectivity index (χ0) is 30.5. The minimum Gasteiger partial charge on any atom is -0.338 e. The summed E-state index contributed by atoms with van der Waals surface area (Å²) < 4.78 is 56.7. The molecule has 3 aromatic heterocycles. The SMILES string of the molecule is C[C@H]1C[C@@H](c2ccncc2Nc2ncc3ccc(-c4c(F)cc(CN5CCCC5=O)cc4F)nn23)C[C@@H](N)[C@@H]1S(C)(=O)=O. The molecule has 0 unspecified atom stereocenters. The third-order valence-electron chi connectivity index (χ3n) is 8.52. The number of benzene rings is 1. The number of halogens is 2. The molecule has 3 N–H and O–H groups in total. The van der Waals surface area contributed by atoms with Gasteiger partial charge in [0.15, 0.2) is 9.84 Å². The predicted molar refractivity (Wildman–Crippen MR) is 158 cm³/mol. The van der Waals surface area contributed by atoms with E-state index in [1.165, 1.54) is 29.0 Å². The Bertz CT molecular complexity index is 1780. The number of hydrogen-bond acceptors (Lipinski definition) is 8. The molecule has 1 aliphatic carbocycles. The maximum absolute atomic E-state index is 15.3. The zero-order valence-electron chi connectivity index (χ0n) is 23.9. The van der Waals surface area contributed by atoms with Gasteiger partial charge in [-0.3, -0.25) is 9.78 Å². The van der Waals surface area contributed by atoms with E-state index < -0.39 is 32.8 Å². The molecule has 4 aromatic rings. The minimum atomic E-state index is -3.29. The number of carbonyl (C=O) groups excluding carboxylic acids is 1. The molecule has 4 heterocycles. The van der Waals surface area contributed by atoms with Gasteiger partial charge in [-0.15, -0.1) is 0 Å². The topological polar surface area (TPSA) is 136 Å². The van der Waals surface area contributed by atoms with Crippen LogP contribution in [0.15, 0.2) is 48.9 Å². The molecule has 43 heavy (non-hydrogen) atoms. The molecule has 1 saturated heterocycles. The first kappa shape index (κ1) is 29.1. The van der Waals surface area contributed by atoms with Gasteiger partial charge in [0.25, 0.3) is 0 Å². The Morgan fingerprint density at radius 2 is 1.88 bits per heavy atom. The van der Waals surface area contributed by atoms with Crippen LogP contribution in [0.2, 0.25) is 0 Å². The van der Waals surface area contributed by atoms with Crippen LogP contribution in [0.1, 0.15) is 49.7 Å². The zero-order valence-corrected chi connectivity index (χ0v) is 24.7. The van der Waals surface area contributed by atoms with Crippen LogP contribution in [0.25, 0.3) is 16.8 Å². The molecule has 1 aromatic carbocycles. The summed E-state index contributed by atoms with van der Waals surface area (Å²) in [6, 6.07) is 7.07. The highest BCUT2D eigenvalue weighted by molar-refractivity contribution is 7.91. The third-order valence-corrected chi connectivity index (χ3v) is 10.3. The minimum absolute atomic E-state index is 0.0131. The van der Waals surface area contributed by atoms with Gasteiger partial charge in [0.1, 0.15) is 11.6 Å². The number of likely N-dealkylation sites (tertiary alicyclic amines) is 1. The summed E-state index contributed by atoms with van der Waals surface area (Å²) >= 11 is 0. The Morgan fingerprint density at radius 1 is 1.12 bits per heavy atom. The molecule has 0 bridgehead atoms. The van der Waals surface area contributed by atoms with Crippen LogP contribution >= 0.6 is 0 Å². The fraction of sp³-hybridized carbons (Fsp3) is 0.400. The number of hydrogen-bond donors (Lipinski definition) is 2. The van der Waals surface area contributed by atoms with Gasteiger partial charge < -0.3 is 16.0 Å². The molecule has 1 aliphatic heterocycles. The fourth-order valence-corrected chi connectivity index (χ4v) is 8.40. The van der Waals surface area contributed by atoms with Crippen LogP contribution in [0.5, 0.6) is 0 Å². The smallest absolute Gasteiger partial charge is 0.229 e. The number of nitrogens with zero attached hydrogens (tertiary/aromatic N) is 5. The average molecular weight is 610 g/mol. The van der Waals surface area contributed by atoms with Crippen molar-refractivity contribution < 1.29 is 22.0 Å². The van der Waals surface area contributed by atoms with Crippen molar-refractivity contribution in [3.05, 3.63) is 71.7 Å². The summed E-state index contributed by atoms with van der Waals surface area (Å²) in [6.45, 7) is 2.64. The van der Waals surface area contributed by atoms with Crippen LogP contribution in [0, 0.1) is 17.6 Å². The fourth-order valence-electron chi connectivity index (χ4n) is 6.70. The van der Waals surface area contributed by atoms with E-state index >= 15 is 8.78 Å². The number of amides is 1. The molecule has 0 radical (unpaired) electrons. The maximum atomic E-state index is 15.3. The Labute approximate surface area is 248 Å². The molecule has 2 fully saturated rings. The van der Waals surface area contributed by atoms with Gasteiger partial charge in [-0.2, -0.15) is 9.61 Å². The number of fused-ring (bicyclic) bond motifs is 1. The van der Waals surface area contributed by atoms with Gasteiger partial charge in [0.05, 0.1) is 40.1 Å². The van der Waals surface area contributed by atoms with Gasteiger partial charge in [0.2, 0.25) is 11.9 Å². The Kier molecular flexibility index (Phi) is 7.63. The van der Waals surface area contributed by atoms with Crippen molar-refractivity contribution in [3.63, 3.8) is 0 Å². The lowest BCUT2D eigenvalue weighted by Crippen LogP contribution is -2.48. The number of aromatic nitrogens is 4. The summed E-state index contributed by atoms with van der Waals surface area (Å²) in [5.74, 6) is -1.39. The van der Waals surface area contributed by atoms with Crippen molar-refractivity contribution in [1.29, 1.82) is 0 Å². The molecule has 10 nitrogen and oxygen atoms in total. The molecule has 4 atom stereocenters. The molecule has 13 heteroatoms. The van der Waals surface area contributed by atoms with E-state index in [4.69, 9.17) is 5.73 Å². The maximum Gasteiger partial charge on any atom is 0.229 e. The van der Waals surface area contributed by atoms with Gasteiger partial charge in [-0.25, -0.2) is 22.2 Å². The number of imidazole rings is 1. The van der Waals surface area contributed by atoms with Crippen molar-refractivity contribution in [3.8, 4) is 11.3 Å². The standard InChI is InChI=1S/C30H33F2N7O3S/c1-17-10-19(13-24(33)29(17)43(2,41)42)21-7-8-34-15-26(21)36-30-35-14-20-5-6-25(37-39(20)30)28-22(31)11-18(12-23(28)32)16-38-9-3-4-27(38)40/h5-8,11-12,14-15,17,19,24,29H,3-4,9-10,13,16,33H2,1-2H3,(H,35,36)/t17-,19+,24+,29+/m0/s1. The Morgan fingerprint density at radius 3 is 2.56 bits per heavy atom. The van der Waals surface area contributed by atoms with Crippen LogP contribution in [-0.4, -0.2) is 62.9 Å². The molecule has 1 saturated carbocycles. The van der Waals surface area contributed by atoms with Crippen LogP contribution in [0.4, 0.5) is 20.4 Å². The number of nitrogens with one attached hydrogen (secondary N) is 1. The molecular formula is C30H33F2N7O3S. The lowest BCUT2D eigenvalue weighted by Gasteiger charge is -2.38.